The van der Waals surface area contributed by atoms with Crippen LogP contribution in [0.4, 0.5) is 0 Å². The van der Waals surface area contributed by atoms with Crippen molar-refractivity contribution >= 4 is 5.91 Å². The van der Waals surface area contributed by atoms with Crippen LogP contribution in [-0.4, -0.2) is 12.5 Å². The zero-order valence-corrected chi connectivity index (χ0v) is 11.1. The molecule has 3 N–H and O–H groups in total. The van der Waals surface area contributed by atoms with Crippen molar-refractivity contribution in [3.63, 3.8) is 0 Å². The summed E-state index contributed by atoms with van der Waals surface area (Å²) in [5.41, 5.74) is 7.68. The van der Waals surface area contributed by atoms with Crippen molar-refractivity contribution in [2.75, 3.05) is 6.54 Å². The van der Waals surface area contributed by atoms with Crippen LogP contribution in [0.25, 0.3) is 0 Å². The number of hydrogen-bond donors (Lipinski definition) is 2. The third kappa shape index (κ3) is 3.56. The lowest BCUT2D eigenvalue weighted by Gasteiger charge is -2.20. The van der Waals surface area contributed by atoms with E-state index in [-0.39, 0.29) is 11.3 Å². The molecule has 3 nitrogen and oxygen atoms in total. The average Bonchev–Trinajstić information content (AvgIpc) is 2.24. The van der Waals surface area contributed by atoms with Gasteiger partial charge in [-0.25, -0.2) is 0 Å². The van der Waals surface area contributed by atoms with Crippen molar-refractivity contribution in [1.29, 1.82) is 0 Å². The second kappa shape index (κ2) is 5.32. The van der Waals surface area contributed by atoms with Gasteiger partial charge in [-0.3, -0.25) is 4.79 Å². The molecule has 1 rings (SSSR count). The van der Waals surface area contributed by atoms with Crippen molar-refractivity contribution < 1.29 is 4.79 Å². The quantitative estimate of drug-likeness (QED) is 0.838. The highest BCUT2D eigenvalue weighted by molar-refractivity contribution is 5.81. The number of carbonyl (C=O) groups is 1. The van der Waals surface area contributed by atoms with E-state index < -0.39 is 6.04 Å². The molecule has 0 spiro atoms. The maximum atomic E-state index is 11.3. The summed E-state index contributed by atoms with van der Waals surface area (Å²) in [5, 5.41) is 3.08. The number of amides is 1. The summed E-state index contributed by atoms with van der Waals surface area (Å²) < 4.78 is 0. The van der Waals surface area contributed by atoms with Gasteiger partial charge in [0.2, 0.25) is 5.91 Å². The fourth-order valence-corrected chi connectivity index (χ4v) is 1.76. The first kappa shape index (κ1) is 13.7. The smallest absolute Gasteiger partial charge is 0.239 e. The normalized spacial score (nSPS) is 13.4. The van der Waals surface area contributed by atoms with Gasteiger partial charge in [0.1, 0.15) is 6.04 Å². The Balaban J connectivity index is 2.96. The Morgan fingerprint density at radius 1 is 1.29 bits per heavy atom. The highest BCUT2D eigenvalue weighted by Gasteiger charge is 2.18. The number of carbonyl (C=O) groups excluding carboxylic acids is 1. The van der Waals surface area contributed by atoms with Crippen molar-refractivity contribution in [2.24, 2.45) is 5.73 Å². The van der Waals surface area contributed by atoms with E-state index in [0.29, 0.717) is 6.54 Å². The molecule has 1 aromatic rings. The molecule has 0 bridgehead atoms. The van der Waals surface area contributed by atoms with Crippen molar-refractivity contribution in [1.82, 2.24) is 5.32 Å². The molecule has 0 aliphatic heterocycles. The number of hydrogen-bond acceptors (Lipinski definition) is 2. The Bertz CT molecular complexity index is 376. The van der Waals surface area contributed by atoms with Crippen LogP contribution in [0.5, 0.6) is 0 Å². The largest absolute Gasteiger partial charge is 0.368 e. The molecule has 0 saturated carbocycles. The fraction of sp³-hybridized carbons (Fsp3) is 0.500. The van der Waals surface area contributed by atoms with Crippen LogP contribution in [0.15, 0.2) is 24.3 Å². The van der Waals surface area contributed by atoms with Crippen molar-refractivity contribution in [3.8, 4) is 0 Å². The monoisotopic (exact) mass is 234 g/mol. The summed E-state index contributed by atoms with van der Waals surface area (Å²) in [6.07, 6.45) is 0. The van der Waals surface area contributed by atoms with Crippen LogP contribution >= 0.6 is 0 Å². The standard InChI is InChI=1S/C14H22N2O/c1-5-16-12(13(15)17)10-6-8-11(9-7-10)14(2,3)4/h6-9,12,16H,5H2,1-4H3,(H2,15,17). The number of benzene rings is 1. The molecule has 1 atom stereocenters. The molecule has 1 amide bonds. The van der Waals surface area contributed by atoms with Gasteiger partial charge in [0.25, 0.3) is 0 Å². The Hall–Kier alpha value is -1.35. The molecular formula is C14H22N2O. The van der Waals surface area contributed by atoms with E-state index in [1.807, 2.05) is 19.1 Å². The average molecular weight is 234 g/mol. The summed E-state index contributed by atoms with van der Waals surface area (Å²) >= 11 is 0. The van der Waals surface area contributed by atoms with Crippen LogP contribution in [0.3, 0.4) is 0 Å². The zero-order chi connectivity index (χ0) is 13.1. The van der Waals surface area contributed by atoms with Gasteiger partial charge in [0, 0.05) is 0 Å². The van der Waals surface area contributed by atoms with Gasteiger partial charge in [-0.2, -0.15) is 0 Å². The van der Waals surface area contributed by atoms with Gasteiger partial charge >= 0.3 is 0 Å². The lowest BCUT2D eigenvalue weighted by atomic mass is 9.86. The molecule has 0 fully saturated rings. The van der Waals surface area contributed by atoms with Gasteiger partial charge in [-0.15, -0.1) is 0 Å². The predicted molar refractivity (Wildman–Crippen MR) is 70.8 cm³/mol. The Morgan fingerprint density at radius 2 is 1.82 bits per heavy atom. The molecule has 1 unspecified atom stereocenters. The van der Waals surface area contributed by atoms with Gasteiger partial charge < -0.3 is 11.1 Å². The molecule has 0 heterocycles. The van der Waals surface area contributed by atoms with E-state index in [0.717, 1.165) is 5.56 Å². The fourth-order valence-electron chi connectivity index (χ4n) is 1.76. The van der Waals surface area contributed by atoms with E-state index >= 15 is 0 Å². The van der Waals surface area contributed by atoms with E-state index in [4.69, 9.17) is 5.73 Å². The van der Waals surface area contributed by atoms with E-state index in [1.54, 1.807) is 0 Å². The SMILES string of the molecule is CCNC(C(N)=O)c1ccc(C(C)(C)C)cc1. The summed E-state index contributed by atoms with van der Waals surface area (Å²) in [4.78, 5) is 11.3. The Labute approximate surface area is 103 Å². The zero-order valence-electron chi connectivity index (χ0n) is 11.1. The molecule has 3 heteroatoms. The third-order valence-electron chi connectivity index (χ3n) is 2.80. The lowest BCUT2D eigenvalue weighted by molar-refractivity contribution is -0.120. The molecule has 94 valence electrons. The highest BCUT2D eigenvalue weighted by atomic mass is 16.1. The second-order valence-electron chi connectivity index (χ2n) is 5.27. The minimum atomic E-state index is -0.394. The maximum absolute atomic E-state index is 11.3. The van der Waals surface area contributed by atoms with Crippen LogP contribution in [-0.2, 0) is 10.2 Å². The van der Waals surface area contributed by atoms with Crippen molar-refractivity contribution in [3.05, 3.63) is 35.4 Å². The van der Waals surface area contributed by atoms with Crippen LogP contribution < -0.4 is 11.1 Å². The predicted octanol–water partition coefficient (Wildman–Crippen LogP) is 2.12. The first-order chi connectivity index (χ1) is 7.86. The number of primary amides is 1. The Kier molecular flexibility index (Phi) is 4.29. The second-order valence-corrected chi connectivity index (χ2v) is 5.27. The minimum Gasteiger partial charge on any atom is -0.368 e. The number of nitrogens with one attached hydrogen (secondary N) is 1. The number of rotatable bonds is 4. The summed E-state index contributed by atoms with van der Waals surface area (Å²) in [6.45, 7) is 9.17. The van der Waals surface area contributed by atoms with Crippen molar-refractivity contribution in [2.45, 2.75) is 39.2 Å². The van der Waals surface area contributed by atoms with Gasteiger partial charge in [0.15, 0.2) is 0 Å². The van der Waals surface area contributed by atoms with E-state index in [2.05, 4.69) is 38.2 Å². The van der Waals surface area contributed by atoms with Crippen LogP contribution in [0.2, 0.25) is 0 Å². The minimum absolute atomic E-state index is 0.124. The molecular weight excluding hydrogens is 212 g/mol. The van der Waals surface area contributed by atoms with Crippen LogP contribution in [0, 0.1) is 0 Å². The highest BCUT2D eigenvalue weighted by Crippen LogP contribution is 2.23. The van der Waals surface area contributed by atoms with E-state index in [9.17, 15) is 4.79 Å². The first-order valence-corrected chi connectivity index (χ1v) is 5.99. The number of likely N-dealkylation sites (N-methyl/N-ethyl adjacent to an activating group) is 1. The molecule has 0 saturated heterocycles. The first-order valence-electron chi connectivity index (χ1n) is 5.99. The van der Waals surface area contributed by atoms with Gasteiger partial charge in [-0.05, 0) is 23.1 Å². The summed E-state index contributed by atoms with van der Waals surface area (Å²) in [7, 11) is 0. The summed E-state index contributed by atoms with van der Waals surface area (Å²) in [6, 6.07) is 7.66. The maximum Gasteiger partial charge on any atom is 0.239 e. The van der Waals surface area contributed by atoms with Gasteiger partial charge in [0.05, 0.1) is 0 Å². The van der Waals surface area contributed by atoms with Gasteiger partial charge in [-0.1, -0.05) is 52.0 Å². The Morgan fingerprint density at radius 3 is 2.18 bits per heavy atom. The molecule has 0 aromatic heterocycles. The molecule has 1 aromatic carbocycles. The number of nitrogens with two attached hydrogens (primary N) is 1. The third-order valence-corrected chi connectivity index (χ3v) is 2.80. The molecule has 0 aliphatic rings. The van der Waals surface area contributed by atoms with E-state index in [1.165, 1.54) is 5.56 Å². The lowest BCUT2D eigenvalue weighted by Crippen LogP contribution is -2.33. The molecule has 0 aliphatic carbocycles. The molecule has 0 radical (unpaired) electrons. The summed E-state index contributed by atoms with van der Waals surface area (Å²) in [5.74, 6) is -0.338. The molecule has 17 heavy (non-hydrogen) atoms. The topological polar surface area (TPSA) is 55.1 Å². The van der Waals surface area contributed by atoms with Crippen LogP contribution in [0.1, 0.15) is 44.9 Å².